The van der Waals surface area contributed by atoms with Crippen LogP contribution in [0.5, 0.6) is 5.75 Å². The summed E-state index contributed by atoms with van der Waals surface area (Å²) in [4.78, 5) is 26.0. The second kappa shape index (κ2) is 7.40. The fraction of sp³-hybridized carbons (Fsp3) is 0.158. The number of likely N-dealkylation sites (N-methyl/N-ethyl adjacent to an activating group) is 1. The zero-order valence-electron chi connectivity index (χ0n) is 13.6. The van der Waals surface area contributed by atoms with Gasteiger partial charge in [-0.15, -0.1) is 0 Å². The molecule has 0 aliphatic rings. The third-order valence-electron chi connectivity index (χ3n) is 3.73. The summed E-state index contributed by atoms with van der Waals surface area (Å²) in [6, 6.07) is 15.6. The fourth-order valence-corrected chi connectivity index (χ4v) is 2.48. The van der Waals surface area contributed by atoms with Gasteiger partial charge in [-0.2, -0.15) is 0 Å². The molecule has 2 aromatic carbocycles. The van der Waals surface area contributed by atoms with Crippen LogP contribution in [0, 0.1) is 0 Å². The molecule has 3 rings (SSSR count). The molecule has 0 unspecified atom stereocenters. The van der Waals surface area contributed by atoms with Crippen LogP contribution >= 0.6 is 11.6 Å². The molecular weight excluding hydrogens is 342 g/mol. The van der Waals surface area contributed by atoms with Crippen molar-refractivity contribution in [1.82, 2.24) is 4.90 Å². The summed E-state index contributed by atoms with van der Waals surface area (Å²) in [6.45, 7) is 0.622. The summed E-state index contributed by atoms with van der Waals surface area (Å²) in [7, 11) is 1.61. The molecular formula is C19H16ClNO4. The molecule has 128 valence electrons. The Bertz CT molecular complexity index is 950. The van der Waals surface area contributed by atoms with Crippen molar-refractivity contribution in [2.24, 2.45) is 0 Å². The SMILES string of the molecule is CN(CCOc1ccc(Cl)cc1)C(=O)c1cc2ccccc2oc1=O. The lowest BCUT2D eigenvalue weighted by atomic mass is 10.1. The van der Waals surface area contributed by atoms with Crippen LogP contribution in [0.4, 0.5) is 0 Å². The first kappa shape index (κ1) is 17.0. The van der Waals surface area contributed by atoms with E-state index >= 15 is 0 Å². The number of fused-ring (bicyclic) bond motifs is 1. The number of rotatable bonds is 5. The Hall–Kier alpha value is -2.79. The first-order valence-corrected chi connectivity index (χ1v) is 8.09. The van der Waals surface area contributed by atoms with Crippen LogP contribution in [0.2, 0.25) is 5.02 Å². The van der Waals surface area contributed by atoms with Crippen molar-refractivity contribution in [1.29, 1.82) is 0 Å². The van der Waals surface area contributed by atoms with Crippen LogP contribution in [0.1, 0.15) is 10.4 Å². The highest BCUT2D eigenvalue weighted by Crippen LogP contribution is 2.16. The van der Waals surface area contributed by atoms with Crippen LogP contribution in [0.3, 0.4) is 0 Å². The van der Waals surface area contributed by atoms with Gasteiger partial charge in [-0.25, -0.2) is 4.79 Å². The van der Waals surface area contributed by atoms with Crippen LogP contribution < -0.4 is 10.4 Å². The largest absolute Gasteiger partial charge is 0.492 e. The maximum Gasteiger partial charge on any atom is 0.349 e. The van der Waals surface area contributed by atoms with Crippen LogP contribution in [0.15, 0.2) is 63.8 Å². The molecule has 0 saturated heterocycles. The summed E-state index contributed by atoms with van der Waals surface area (Å²) in [6.07, 6.45) is 0. The van der Waals surface area contributed by atoms with Gasteiger partial charge in [-0.3, -0.25) is 4.79 Å². The van der Waals surface area contributed by atoms with Crippen molar-refractivity contribution < 1.29 is 13.9 Å². The lowest BCUT2D eigenvalue weighted by Crippen LogP contribution is -2.33. The van der Waals surface area contributed by atoms with Gasteiger partial charge in [0, 0.05) is 17.5 Å². The molecule has 3 aromatic rings. The quantitative estimate of drug-likeness (QED) is 0.655. The lowest BCUT2D eigenvalue weighted by Gasteiger charge is -2.17. The Kier molecular flexibility index (Phi) is 5.05. The Morgan fingerprint density at radius 3 is 2.64 bits per heavy atom. The topological polar surface area (TPSA) is 59.8 Å². The van der Waals surface area contributed by atoms with Gasteiger partial charge in [0.2, 0.25) is 0 Å². The number of halogens is 1. The van der Waals surface area contributed by atoms with Crippen LogP contribution in [-0.4, -0.2) is 31.0 Å². The Morgan fingerprint density at radius 1 is 1.16 bits per heavy atom. The summed E-state index contributed by atoms with van der Waals surface area (Å²) in [5, 5.41) is 1.33. The maximum atomic E-state index is 12.5. The molecule has 0 aliphatic carbocycles. The van der Waals surface area contributed by atoms with E-state index in [4.69, 9.17) is 20.8 Å². The average Bonchev–Trinajstić information content (AvgIpc) is 2.62. The third kappa shape index (κ3) is 4.00. The van der Waals surface area contributed by atoms with E-state index in [1.54, 1.807) is 55.6 Å². The summed E-state index contributed by atoms with van der Waals surface area (Å²) in [5.74, 6) is 0.259. The number of amides is 1. The van der Waals surface area contributed by atoms with Gasteiger partial charge < -0.3 is 14.1 Å². The predicted molar refractivity (Wildman–Crippen MR) is 96.4 cm³/mol. The molecule has 0 bridgehead atoms. The number of carbonyl (C=O) groups excluding carboxylic acids is 1. The number of hydrogen-bond donors (Lipinski definition) is 0. The summed E-state index contributed by atoms with van der Waals surface area (Å²) in [5.41, 5.74) is -0.181. The van der Waals surface area contributed by atoms with E-state index in [1.807, 2.05) is 6.07 Å². The van der Waals surface area contributed by atoms with Gasteiger partial charge in [0.05, 0.1) is 6.54 Å². The van der Waals surface area contributed by atoms with Crippen molar-refractivity contribution in [3.05, 3.63) is 75.6 Å². The molecule has 1 heterocycles. The van der Waals surface area contributed by atoms with Crippen molar-refractivity contribution in [2.45, 2.75) is 0 Å². The van der Waals surface area contributed by atoms with Crippen molar-refractivity contribution in [3.8, 4) is 5.75 Å². The van der Waals surface area contributed by atoms with E-state index in [9.17, 15) is 9.59 Å². The Balaban J connectivity index is 1.67. The zero-order chi connectivity index (χ0) is 17.8. The standard InChI is InChI=1S/C19H16ClNO4/c1-21(10-11-24-15-8-6-14(20)7-9-15)18(22)16-12-13-4-2-3-5-17(13)25-19(16)23/h2-9,12H,10-11H2,1H3. The molecule has 0 radical (unpaired) electrons. The minimum Gasteiger partial charge on any atom is -0.492 e. The first-order valence-electron chi connectivity index (χ1n) is 7.71. The smallest absolute Gasteiger partial charge is 0.349 e. The molecule has 0 saturated carbocycles. The highest BCUT2D eigenvalue weighted by molar-refractivity contribution is 6.30. The summed E-state index contributed by atoms with van der Waals surface area (Å²) >= 11 is 5.81. The van der Waals surface area contributed by atoms with Gasteiger partial charge in [0.25, 0.3) is 5.91 Å². The molecule has 5 nitrogen and oxygen atoms in total. The number of ether oxygens (including phenoxy) is 1. The van der Waals surface area contributed by atoms with Gasteiger partial charge in [0.15, 0.2) is 0 Å². The first-order chi connectivity index (χ1) is 12.0. The van der Waals surface area contributed by atoms with Gasteiger partial charge in [-0.05, 0) is 36.4 Å². The Labute approximate surface area is 149 Å². The highest BCUT2D eigenvalue weighted by atomic mass is 35.5. The van der Waals surface area contributed by atoms with Crippen LogP contribution in [0.25, 0.3) is 11.0 Å². The minimum atomic E-state index is -0.644. The second-order valence-corrected chi connectivity index (χ2v) is 5.95. The van der Waals surface area contributed by atoms with E-state index in [2.05, 4.69) is 0 Å². The number of hydrogen-bond acceptors (Lipinski definition) is 4. The monoisotopic (exact) mass is 357 g/mol. The zero-order valence-corrected chi connectivity index (χ0v) is 14.3. The van der Waals surface area contributed by atoms with Crippen molar-refractivity contribution >= 4 is 28.5 Å². The molecule has 25 heavy (non-hydrogen) atoms. The fourth-order valence-electron chi connectivity index (χ4n) is 2.35. The van der Waals surface area contributed by atoms with Gasteiger partial charge in [0.1, 0.15) is 23.5 Å². The molecule has 0 N–H and O–H groups in total. The molecule has 1 aromatic heterocycles. The molecule has 0 atom stereocenters. The maximum absolute atomic E-state index is 12.5. The van der Waals surface area contributed by atoms with Gasteiger partial charge >= 0.3 is 5.63 Å². The van der Waals surface area contributed by atoms with Crippen molar-refractivity contribution in [3.63, 3.8) is 0 Å². The number of nitrogens with zero attached hydrogens (tertiary/aromatic N) is 1. The highest BCUT2D eigenvalue weighted by Gasteiger charge is 2.17. The number of para-hydroxylation sites is 1. The molecule has 6 heteroatoms. The molecule has 1 amide bonds. The van der Waals surface area contributed by atoms with E-state index in [0.717, 1.165) is 0 Å². The number of carbonyl (C=O) groups is 1. The Morgan fingerprint density at radius 2 is 1.88 bits per heavy atom. The van der Waals surface area contributed by atoms with E-state index < -0.39 is 11.5 Å². The minimum absolute atomic E-state index is 0.00712. The third-order valence-corrected chi connectivity index (χ3v) is 3.98. The molecule has 0 spiro atoms. The lowest BCUT2D eigenvalue weighted by molar-refractivity contribution is 0.0770. The number of benzene rings is 2. The van der Waals surface area contributed by atoms with E-state index in [-0.39, 0.29) is 5.56 Å². The predicted octanol–water partition coefficient (Wildman–Crippen LogP) is 3.60. The van der Waals surface area contributed by atoms with Crippen LogP contribution in [-0.2, 0) is 0 Å². The second-order valence-electron chi connectivity index (χ2n) is 5.51. The van der Waals surface area contributed by atoms with E-state index in [1.165, 1.54) is 4.90 Å². The van der Waals surface area contributed by atoms with E-state index in [0.29, 0.717) is 34.9 Å². The normalized spacial score (nSPS) is 10.6. The average molecular weight is 358 g/mol. The van der Waals surface area contributed by atoms with Gasteiger partial charge in [-0.1, -0.05) is 29.8 Å². The molecule has 0 aliphatic heterocycles. The molecule has 0 fully saturated rings. The van der Waals surface area contributed by atoms with Crippen molar-refractivity contribution in [2.75, 3.05) is 20.2 Å². The summed E-state index contributed by atoms with van der Waals surface area (Å²) < 4.78 is 10.8.